The van der Waals surface area contributed by atoms with Gasteiger partial charge in [-0.15, -0.1) is 5.01 Å². The van der Waals surface area contributed by atoms with Gasteiger partial charge < -0.3 is 10.1 Å². The van der Waals surface area contributed by atoms with Gasteiger partial charge in [0, 0.05) is 25.1 Å². The largest absolute Gasteiger partial charge is 0.493 e. The molecule has 2 aromatic carbocycles. The van der Waals surface area contributed by atoms with Crippen LogP contribution in [0.2, 0.25) is 0 Å². The van der Waals surface area contributed by atoms with Crippen LogP contribution in [-0.4, -0.2) is 61.5 Å². The molecule has 3 heterocycles. The van der Waals surface area contributed by atoms with Crippen molar-refractivity contribution in [3.8, 4) is 5.75 Å². The highest BCUT2D eigenvalue weighted by Crippen LogP contribution is 2.44. The molecule has 0 saturated carbocycles. The second-order valence-electron chi connectivity index (χ2n) is 8.47. The molecule has 0 aliphatic carbocycles. The van der Waals surface area contributed by atoms with Crippen LogP contribution in [0.5, 0.6) is 5.75 Å². The van der Waals surface area contributed by atoms with Crippen LogP contribution < -0.4 is 15.0 Å². The first-order chi connectivity index (χ1) is 14.7. The summed E-state index contributed by atoms with van der Waals surface area (Å²) >= 11 is 0. The highest BCUT2D eigenvalue weighted by atomic mass is 16.5. The summed E-state index contributed by atoms with van der Waals surface area (Å²) < 4.78 is 6.47. The fourth-order valence-corrected chi connectivity index (χ4v) is 5.37. The summed E-state index contributed by atoms with van der Waals surface area (Å²) in [7, 11) is 0. The zero-order valence-corrected chi connectivity index (χ0v) is 17.7. The number of nitrogens with one attached hydrogen (secondary N) is 1. The number of anilines is 1. The van der Waals surface area contributed by atoms with Crippen molar-refractivity contribution in [3.05, 3.63) is 59.7 Å². The Kier molecular flexibility index (Phi) is 5.23. The molecule has 6 heteroatoms. The highest BCUT2D eigenvalue weighted by molar-refractivity contribution is 5.90. The predicted molar refractivity (Wildman–Crippen MR) is 117 cm³/mol. The Morgan fingerprint density at radius 3 is 2.67 bits per heavy atom. The standard InChI is InChI=1S/C24H31N4O2/c1-2-16-28(26-14-12-25-13-15-26)18-22(21-10-6-7-19-11-17-30-23(19)21)27(24(28)29)20-8-4-3-5-9-20/h3-10,22,25H,2,11-18H2,1H3/q+1. The van der Waals surface area contributed by atoms with Crippen molar-refractivity contribution >= 4 is 11.7 Å². The third-order valence-electron chi connectivity index (χ3n) is 6.72. The van der Waals surface area contributed by atoms with Gasteiger partial charge in [-0.2, -0.15) is 4.59 Å². The van der Waals surface area contributed by atoms with Crippen LogP contribution in [0.3, 0.4) is 0 Å². The summed E-state index contributed by atoms with van der Waals surface area (Å²) in [4.78, 5) is 16.2. The Bertz CT molecular complexity index is 913. The second kappa shape index (κ2) is 8.02. The maximum atomic E-state index is 14.2. The van der Waals surface area contributed by atoms with Gasteiger partial charge in [-0.25, -0.2) is 9.69 Å². The lowest BCUT2D eigenvalue weighted by atomic mass is 10.0. The summed E-state index contributed by atoms with van der Waals surface area (Å²) in [6.45, 7) is 8.13. The van der Waals surface area contributed by atoms with Crippen LogP contribution in [0.4, 0.5) is 10.5 Å². The number of benzene rings is 2. The van der Waals surface area contributed by atoms with Crippen molar-refractivity contribution in [3.63, 3.8) is 0 Å². The normalized spacial score (nSPS) is 26.6. The van der Waals surface area contributed by atoms with Gasteiger partial charge >= 0.3 is 6.03 Å². The molecule has 2 fully saturated rings. The molecular weight excluding hydrogens is 376 g/mol. The monoisotopic (exact) mass is 407 g/mol. The Morgan fingerprint density at radius 1 is 1.10 bits per heavy atom. The van der Waals surface area contributed by atoms with Crippen molar-refractivity contribution < 1.29 is 14.1 Å². The SMILES string of the molecule is CCC[N+]1(N2CCNCC2)CC(c2cccc3c2OCC3)N(c2ccccc2)C1=O. The van der Waals surface area contributed by atoms with Gasteiger partial charge in [0.25, 0.3) is 0 Å². The first kappa shape index (κ1) is 19.5. The number of carbonyl (C=O) groups excluding carboxylic acids is 1. The van der Waals surface area contributed by atoms with Crippen LogP contribution in [0.15, 0.2) is 48.5 Å². The fraction of sp³-hybridized carbons (Fsp3) is 0.458. The Balaban J connectivity index is 1.63. The van der Waals surface area contributed by atoms with Crippen LogP contribution in [0.25, 0.3) is 0 Å². The van der Waals surface area contributed by atoms with Crippen molar-refractivity contribution in [1.82, 2.24) is 10.3 Å². The van der Waals surface area contributed by atoms with Crippen molar-refractivity contribution in [1.29, 1.82) is 0 Å². The van der Waals surface area contributed by atoms with Crippen LogP contribution in [-0.2, 0) is 6.42 Å². The molecule has 2 unspecified atom stereocenters. The molecule has 3 aliphatic rings. The molecule has 2 aromatic rings. The number of nitrogens with zero attached hydrogens (tertiary/aromatic N) is 3. The average Bonchev–Trinajstić information content (AvgIpc) is 3.39. The van der Waals surface area contributed by atoms with E-state index in [2.05, 4.69) is 47.6 Å². The number of hydrogen-bond donors (Lipinski definition) is 1. The van der Waals surface area contributed by atoms with E-state index < -0.39 is 0 Å². The summed E-state index contributed by atoms with van der Waals surface area (Å²) in [5.41, 5.74) is 3.37. The van der Waals surface area contributed by atoms with Gasteiger partial charge in [-0.3, -0.25) is 0 Å². The molecule has 0 radical (unpaired) electrons. The molecule has 6 nitrogen and oxygen atoms in total. The van der Waals surface area contributed by atoms with Gasteiger partial charge in [0.2, 0.25) is 0 Å². The van der Waals surface area contributed by atoms with E-state index >= 15 is 0 Å². The molecule has 158 valence electrons. The van der Waals surface area contributed by atoms with Crippen molar-refractivity contribution in [2.24, 2.45) is 0 Å². The molecule has 0 bridgehead atoms. The molecule has 0 aromatic heterocycles. The van der Waals surface area contributed by atoms with E-state index in [-0.39, 0.29) is 12.1 Å². The molecular formula is C24H31N4O2+. The maximum Gasteiger partial charge on any atom is 0.444 e. The van der Waals surface area contributed by atoms with E-state index in [0.717, 1.165) is 75.7 Å². The zero-order chi connectivity index (χ0) is 20.6. The molecule has 2 amide bonds. The van der Waals surface area contributed by atoms with Gasteiger partial charge in [0.15, 0.2) is 0 Å². The topological polar surface area (TPSA) is 44.8 Å². The number of ether oxygens (including phenoxy) is 1. The summed E-state index contributed by atoms with van der Waals surface area (Å²) in [6, 6.07) is 16.7. The van der Waals surface area contributed by atoms with E-state index in [1.54, 1.807) is 0 Å². The molecule has 2 saturated heterocycles. The number of rotatable bonds is 5. The molecule has 2 atom stereocenters. The van der Waals surface area contributed by atoms with Gasteiger partial charge in [-0.05, 0) is 24.1 Å². The number of carbonyl (C=O) groups is 1. The van der Waals surface area contributed by atoms with E-state index in [4.69, 9.17) is 4.74 Å². The second-order valence-corrected chi connectivity index (χ2v) is 8.47. The van der Waals surface area contributed by atoms with Crippen LogP contribution >= 0.6 is 0 Å². The summed E-state index contributed by atoms with van der Waals surface area (Å²) in [6.07, 6.45) is 1.91. The predicted octanol–water partition coefficient (Wildman–Crippen LogP) is 3.35. The lowest BCUT2D eigenvalue weighted by Gasteiger charge is -2.41. The lowest BCUT2D eigenvalue weighted by molar-refractivity contribution is -0.960. The lowest BCUT2D eigenvalue weighted by Crippen LogP contribution is -2.66. The molecule has 0 spiro atoms. The third-order valence-corrected chi connectivity index (χ3v) is 6.72. The number of urea groups is 1. The molecule has 5 rings (SSSR count). The zero-order valence-electron chi connectivity index (χ0n) is 17.7. The van der Waals surface area contributed by atoms with Gasteiger partial charge in [-0.1, -0.05) is 43.3 Å². The minimum atomic E-state index is -0.0330. The Hall–Kier alpha value is -2.41. The van der Waals surface area contributed by atoms with E-state index in [0.29, 0.717) is 4.59 Å². The quantitative estimate of drug-likeness (QED) is 0.772. The first-order valence-electron chi connectivity index (χ1n) is 11.2. The number of piperazine rings is 1. The van der Waals surface area contributed by atoms with Crippen LogP contribution in [0, 0.1) is 0 Å². The van der Waals surface area contributed by atoms with Crippen LogP contribution in [0.1, 0.15) is 30.5 Å². The number of fused-ring (bicyclic) bond motifs is 1. The number of para-hydroxylation sites is 2. The molecule has 1 N–H and O–H groups in total. The minimum absolute atomic E-state index is 0.0330. The maximum absolute atomic E-state index is 14.2. The molecule has 3 aliphatic heterocycles. The number of amides is 2. The highest BCUT2D eigenvalue weighted by Gasteiger charge is 2.57. The first-order valence-corrected chi connectivity index (χ1v) is 11.2. The Morgan fingerprint density at radius 2 is 1.90 bits per heavy atom. The van der Waals surface area contributed by atoms with Gasteiger partial charge in [0.05, 0.1) is 25.4 Å². The van der Waals surface area contributed by atoms with Crippen molar-refractivity contribution in [2.75, 3.05) is 50.8 Å². The van der Waals surface area contributed by atoms with E-state index in [1.165, 1.54) is 5.56 Å². The fourth-order valence-electron chi connectivity index (χ4n) is 5.37. The molecule has 30 heavy (non-hydrogen) atoms. The number of quaternary nitrogens is 1. The van der Waals surface area contributed by atoms with E-state index in [1.807, 2.05) is 23.1 Å². The minimum Gasteiger partial charge on any atom is -0.493 e. The van der Waals surface area contributed by atoms with E-state index in [9.17, 15) is 4.79 Å². The average molecular weight is 408 g/mol. The van der Waals surface area contributed by atoms with Gasteiger partial charge in [0.1, 0.15) is 24.9 Å². The summed E-state index contributed by atoms with van der Waals surface area (Å²) in [5.74, 6) is 0.994. The summed E-state index contributed by atoms with van der Waals surface area (Å²) in [5, 5.41) is 5.83. The Labute approximate surface area is 178 Å². The van der Waals surface area contributed by atoms with Crippen molar-refractivity contribution in [2.45, 2.75) is 25.8 Å². The third kappa shape index (κ3) is 3.11. The number of hydrogen-bond acceptors (Lipinski definition) is 4. The smallest absolute Gasteiger partial charge is 0.444 e.